The van der Waals surface area contributed by atoms with E-state index >= 15 is 0 Å². The van der Waals surface area contributed by atoms with E-state index in [9.17, 15) is 27.6 Å². The van der Waals surface area contributed by atoms with Crippen LogP contribution >= 0.6 is 0 Å². The monoisotopic (exact) mass is 471 g/mol. The number of pyridine rings is 1. The number of anilines is 1. The van der Waals surface area contributed by atoms with Gasteiger partial charge in [0.1, 0.15) is 11.6 Å². The number of aryl methyl sites for hydroxylation is 1. The summed E-state index contributed by atoms with van der Waals surface area (Å²) >= 11 is 0. The van der Waals surface area contributed by atoms with Crippen LogP contribution < -0.4 is 21.3 Å². The van der Waals surface area contributed by atoms with Crippen molar-refractivity contribution in [3.05, 3.63) is 80.6 Å². The molecule has 3 N–H and O–H groups in total. The normalized spacial score (nSPS) is 13.3. The summed E-state index contributed by atoms with van der Waals surface area (Å²) < 4.78 is 47.4. The van der Waals surface area contributed by atoms with Crippen LogP contribution in [-0.2, 0) is 6.18 Å². The maximum absolute atomic E-state index is 13.5. The quantitative estimate of drug-likeness (QED) is 0.544. The van der Waals surface area contributed by atoms with Gasteiger partial charge in [-0.1, -0.05) is 26.0 Å². The largest absolute Gasteiger partial charge is 0.455 e. The number of fused-ring (bicyclic) bond motifs is 1. The lowest BCUT2D eigenvalue weighted by Crippen LogP contribution is -2.25. The van der Waals surface area contributed by atoms with Crippen molar-refractivity contribution in [2.45, 2.75) is 32.9 Å². The zero-order chi connectivity index (χ0) is 24.9. The fourth-order valence-corrected chi connectivity index (χ4v) is 3.81. The number of alkyl halides is 3. The first-order valence-electron chi connectivity index (χ1n) is 10.3. The van der Waals surface area contributed by atoms with Crippen LogP contribution in [0, 0.1) is 6.92 Å². The topological polar surface area (TPSA) is 103 Å². The van der Waals surface area contributed by atoms with Crippen molar-refractivity contribution in [2.24, 2.45) is 0 Å². The summed E-state index contributed by atoms with van der Waals surface area (Å²) in [6.07, 6.45) is -4.72. The molecule has 1 aromatic heterocycles. The third-order valence-electron chi connectivity index (χ3n) is 5.49. The summed E-state index contributed by atoms with van der Waals surface area (Å²) in [6, 6.07) is 8.97. The van der Waals surface area contributed by atoms with Gasteiger partial charge in [-0.05, 0) is 48.2 Å². The number of ether oxygens (including phenoxy) is 1. The van der Waals surface area contributed by atoms with Crippen LogP contribution in [0.15, 0.2) is 47.3 Å². The molecule has 7 nitrogen and oxygen atoms in total. The summed E-state index contributed by atoms with van der Waals surface area (Å²) in [5.41, 5.74) is 4.94. The molecular weight excluding hydrogens is 451 g/mol. The fraction of sp³-hybridized carbons (Fsp3) is 0.208. The number of nitrogens with zero attached hydrogens (tertiary/aromatic N) is 1. The van der Waals surface area contributed by atoms with E-state index < -0.39 is 34.9 Å². The van der Waals surface area contributed by atoms with Crippen molar-refractivity contribution in [1.29, 1.82) is 0 Å². The van der Waals surface area contributed by atoms with E-state index in [2.05, 4.69) is 0 Å². The molecule has 2 aromatic carbocycles. The number of halogens is 3. The van der Waals surface area contributed by atoms with Gasteiger partial charge in [0.25, 0.3) is 17.4 Å². The van der Waals surface area contributed by atoms with Gasteiger partial charge in [0.2, 0.25) is 0 Å². The van der Waals surface area contributed by atoms with Gasteiger partial charge in [-0.15, -0.1) is 0 Å². The summed E-state index contributed by atoms with van der Waals surface area (Å²) in [5.74, 6) is -1.77. The smallest absolute Gasteiger partial charge is 0.416 e. The molecule has 0 radical (unpaired) electrons. The average Bonchev–Trinajstić information content (AvgIpc) is 3.01. The molecule has 34 heavy (non-hydrogen) atoms. The maximum Gasteiger partial charge on any atom is 0.416 e. The summed E-state index contributed by atoms with van der Waals surface area (Å²) in [4.78, 5) is 37.1. The Balaban J connectivity index is 1.98. The fourth-order valence-electron chi connectivity index (χ4n) is 3.81. The highest BCUT2D eigenvalue weighted by Crippen LogP contribution is 2.39. The average molecular weight is 471 g/mol. The van der Waals surface area contributed by atoms with E-state index in [-0.39, 0.29) is 28.5 Å². The number of nitrogens with one attached hydrogen (secondary N) is 1. The molecule has 0 aliphatic carbocycles. The number of rotatable bonds is 4. The second kappa shape index (κ2) is 8.05. The Morgan fingerprint density at radius 3 is 2.32 bits per heavy atom. The van der Waals surface area contributed by atoms with Crippen molar-refractivity contribution in [1.82, 2.24) is 9.88 Å². The highest BCUT2D eigenvalue weighted by Gasteiger charge is 2.35. The van der Waals surface area contributed by atoms with Crippen molar-refractivity contribution < 1.29 is 27.5 Å². The molecule has 0 fully saturated rings. The first kappa shape index (κ1) is 23.1. The lowest BCUT2D eigenvalue weighted by atomic mass is 10.0. The molecule has 4 rings (SSSR count). The van der Waals surface area contributed by atoms with Gasteiger partial charge in [-0.3, -0.25) is 24.3 Å². The van der Waals surface area contributed by atoms with E-state index in [1.165, 1.54) is 0 Å². The molecule has 176 valence electrons. The molecule has 0 saturated heterocycles. The molecule has 10 heteroatoms. The van der Waals surface area contributed by atoms with E-state index in [4.69, 9.17) is 10.5 Å². The Morgan fingerprint density at radius 1 is 0.971 bits per heavy atom. The lowest BCUT2D eigenvalue weighted by molar-refractivity contribution is -0.137. The van der Waals surface area contributed by atoms with Gasteiger partial charge < -0.3 is 10.5 Å². The van der Waals surface area contributed by atoms with E-state index in [1.54, 1.807) is 6.07 Å². The van der Waals surface area contributed by atoms with Crippen molar-refractivity contribution in [3.8, 4) is 17.2 Å². The number of imide groups is 1. The number of hydrogen-bond donors (Lipinski definition) is 2. The van der Waals surface area contributed by atoms with Gasteiger partial charge in [-0.2, -0.15) is 13.2 Å². The minimum atomic E-state index is -4.72. The Morgan fingerprint density at radius 2 is 1.68 bits per heavy atom. The van der Waals surface area contributed by atoms with Gasteiger partial charge in [0.05, 0.1) is 22.4 Å². The molecule has 0 unspecified atom stereocenters. The number of amides is 2. The van der Waals surface area contributed by atoms with Crippen LogP contribution in [0.4, 0.5) is 19.0 Å². The lowest BCUT2D eigenvalue weighted by Gasteiger charge is -2.20. The predicted molar refractivity (Wildman–Crippen MR) is 119 cm³/mol. The summed E-state index contributed by atoms with van der Waals surface area (Å²) in [7, 11) is 0. The van der Waals surface area contributed by atoms with Gasteiger partial charge >= 0.3 is 6.18 Å². The highest BCUT2D eigenvalue weighted by molar-refractivity contribution is 6.23. The predicted octanol–water partition coefficient (Wildman–Crippen LogP) is 4.55. The van der Waals surface area contributed by atoms with Gasteiger partial charge in [-0.25, -0.2) is 0 Å². The summed E-state index contributed by atoms with van der Waals surface area (Å²) in [5, 5.41) is 2.02. The minimum absolute atomic E-state index is 0.0380. The second-order valence-corrected chi connectivity index (χ2v) is 8.25. The third-order valence-corrected chi connectivity index (χ3v) is 5.49. The zero-order valence-corrected chi connectivity index (χ0v) is 18.4. The Kier molecular flexibility index (Phi) is 5.47. The molecule has 3 aromatic rings. The van der Waals surface area contributed by atoms with Gasteiger partial charge in [0.15, 0.2) is 5.75 Å². The van der Waals surface area contributed by atoms with E-state index in [0.29, 0.717) is 5.75 Å². The minimum Gasteiger partial charge on any atom is -0.455 e. The molecule has 2 amide bonds. The number of carbonyl (C=O) groups is 2. The second-order valence-electron chi connectivity index (χ2n) is 8.25. The summed E-state index contributed by atoms with van der Waals surface area (Å²) in [6.45, 7) is 5.71. The van der Waals surface area contributed by atoms with Crippen molar-refractivity contribution in [3.63, 3.8) is 0 Å². The number of hydrogen-bond acceptors (Lipinski definition) is 5. The molecule has 0 spiro atoms. The molecule has 1 aliphatic heterocycles. The van der Waals surface area contributed by atoms with Crippen LogP contribution in [-0.4, -0.2) is 16.4 Å². The molecule has 2 heterocycles. The van der Waals surface area contributed by atoms with Crippen molar-refractivity contribution >= 4 is 17.6 Å². The number of nitrogen functional groups attached to an aromatic ring is 1. The number of nitrogens with two attached hydrogens (primary N) is 1. The van der Waals surface area contributed by atoms with Crippen molar-refractivity contribution in [2.75, 3.05) is 5.73 Å². The first-order valence-corrected chi connectivity index (χ1v) is 10.3. The van der Waals surface area contributed by atoms with Crippen LogP contribution in [0.2, 0.25) is 0 Å². The third kappa shape index (κ3) is 3.91. The maximum atomic E-state index is 13.5. The zero-order valence-electron chi connectivity index (χ0n) is 18.4. The standard InChI is InChI=1S/C24H20F3N3O4/c1-11(2)14-6-4-12(3)8-18(14)34-17-7-5-13(24(25,26)27)9-16(17)30-19(31)10-15-20(21(30)28)23(33)29-22(15)32/h4-11H,28H2,1-3H3,(H,29,32,33). The Bertz CT molecular complexity index is 1410. The molecule has 0 saturated carbocycles. The first-order chi connectivity index (χ1) is 15.9. The SMILES string of the molecule is Cc1ccc(C(C)C)c(Oc2ccc(C(F)(F)F)cc2-n2c(N)c3c(cc2=O)C(=O)NC3=O)c1. The van der Waals surface area contributed by atoms with E-state index in [1.807, 2.05) is 38.2 Å². The van der Waals surface area contributed by atoms with Gasteiger partial charge in [0, 0.05) is 6.07 Å². The van der Waals surface area contributed by atoms with E-state index in [0.717, 1.165) is 40.0 Å². The Labute approximate surface area is 192 Å². The van der Waals surface area contributed by atoms with Crippen LogP contribution in [0.3, 0.4) is 0 Å². The molecule has 1 aliphatic rings. The van der Waals surface area contributed by atoms with Crippen LogP contribution in [0.1, 0.15) is 57.2 Å². The number of carbonyl (C=O) groups excluding carboxylic acids is 2. The van der Waals surface area contributed by atoms with Crippen LogP contribution in [0.25, 0.3) is 5.69 Å². The highest BCUT2D eigenvalue weighted by atomic mass is 19.4. The Hall–Kier alpha value is -4.08. The van der Waals surface area contributed by atoms with Crippen LogP contribution in [0.5, 0.6) is 11.5 Å². The molecule has 0 atom stereocenters. The number of benzene rings is 2. The molecule has 0 bridgehead atoms. The number of aromatic nitrogens is 1. The molecular formula is C24H20F3N3O4.